The van der Waals surface area contributed by atoms with E-state index in [9.17, 15) is 48.6 Å². The van der Waals surface area contributed by atoms with Crippen LogP contribution in [0, 0.1) is 5.92 Å². The van der Waals surface area contributed by atoms with E-state index in [0.29, 0.717) is 29.5 Å². The van der Waals surface area contributed by atoms with Gasteiger partial charge in [-0.15, -0.1) is 0 Å². The second-order valence-corrected chi connectivity index (χ2v) is 19.0. The third-order valence-corrected chi connectivity index (χ3v) is 12.7. The number of carbonyl (C=O) groups excluding carboxylic acids is 7. The molecule has 414 valence electrons. The number of amides is 7. The molecule has 0 spiro atoms. The van der Waals surface area contributed by atoms with E-state index in [1.165, 1.54) is 0 Å². The number of unbranched alkanes of at least 4 members (excludes halogenated alkanes) is 1. The Morgan fingerprint density at radius 1 is 0.571 bits per heavy atom. The zero-order valence-electron chi connectivity index (χ0n) is 43.2. The zero-order chi connectivity index (χ0) is 56.0. The van der Waals surface area contributed by atoms with Crippen molar-refractivity contribution in [1.82, 2.24) is 47.2 Å². The molecule has 0 unspecified atom stereocenters. The summed E-state index contributed by atoms with van der Waals surface area (Å²) >= 11 is 0. The van der Waals surface area contributed by atoms with Crippen molar-refractivity contribution in [1.29, 1.82) is 0 Å². The van der Waals surface area contributed by atoms with Gasteiger partial charge >= 0.3 is 5.97 Å². The number of aromatic amines is 2. The summed E-state index contributed by atoms with van der Waals surface area (Å²) in [5, 5.41) is 39.2. The highest BCUT2D eigenvalue weighted by Crippen LogP contribution is 2.22. The van der Waals surface area contributed by atoms with Crippen LogP contribution >= 0.6 is 0 Å². The van der Waals surface area contributed by atoms with Crippen LogP contribution in [-0.2, 0) is 57.6 Å². The number of guanidine groups is 1. The van der Waals surface area contributed by atoms with Crippen LogP contribution in [0.3, 0.4) is 0 Å². The maximum atomic E-state index is 14.6. The number of hydrogen-bond donors (Lipinski definition) is 15. The maximum absolute atomic E-state index is 14.6. The zero-order valence-corrected chi connectivity index (χ0v) is 43.2. The summed E-state index contributed by atoms with van der Waals surface area (Å²) in [7, 11) is 0. The average Bonchev–Trinajstić information content (AvgIpc) is 4.03. The molecule has 2 aromatic heterocycles. The summed E-state index contributed by atoms with van der Waals surface area (Å²) in [5.74, 6) is -7.55. The molecule has 0 aliphatic carbocycles. The number of H-pyrrole nitrogens is 2. The number of aliphatic hydroxyl groups is 1. The number of nitrogens with two attached hydrogens (primary N) is 4. The molecular formula is C53H72N14O10. The number of aromatic nitrogens is 2. The number of fused-ring (bicyclic) bond motifs is 2. The lowest BCUT2D eigenvalue weighted by molar-refractivity contribution is -0.138. The Morgan fingerprint density at radius 3 is 1.57 bits per heavy atom. The summed E-state index contributed by atoms with van der Waals surface area (Å²) in [4.78, 5) is 120. The summed E-state index contributed by atoms with van der Waals surface area (Å²) < 4.78 is 0. The van der Waals surface area contributed by atoms with Gasteiger partial charge in [0.25, 0.3) is 0 Å². The molecular weight excluding hydrogens is 993 g/mol. The van der Waals surface area contributed by atoms with Gasteiger partial charge in [0.15, 0.2) is 5.96 Å². The van der Waals surface area contributed by atoms with Crippen LogP contribution in [0.25, 0.3) is 21.8 Å². The van der Waals surface area contributed by atoms with Crippen molar-refractivity contribution in [2.75, 3.05) is 26.2 Å². The number of nitrogens with one attached hydrogen (secondary N) is 9. The van der Waals surface area contributed by atoms with Crippen LogP contribution in [0.5, 0.6) is 0 Å². The molecule has 24 nitrogen and oxygen atoms in total. The normalized spacial score (nSPS) is 13.9. The quantitative estimate of drug-likeness (QED) is 0.0143. The van der Waals surface area contributed by atoms with Crippen LogP contribution in [0.1, 0.15) is 62.6 Å². The van der Waals surface area contributed by atoms with Gasteiger partial charge < -0.3 is 80.3 Å². The third-order valence-electron chi connectivity index (χ3n) is 12.7. The minimum absolute atomic E-state index is 0.00691. The van der Waals surface area contributed by atoms with Crippen LogP contribution in [0.4, 0.5) is 0 Å². The fraction of sp³-hybridized carbons (Fsp3) is 0.415. The van der Waals surface area contributed by atoms with Gasteiger partial charge in [-0.2, -0.15) is 0 Å². The van der Waals surface area contributed by atoms with Gasteiger partial charge in [-0.3, -0.25) is 43.3 Å². The molecule has 0 fully saturated rings. The maximum Gasteiger partial charge on any atom is 0.322 e. The van der Waals surface area contributed by atoms with Crippen molar-refractivity contribution in [3.8, 4) is 0 Å². The summed E-state index contributed by atoms with van der Waals surface area (Å²) in [6.45, 7) is 2.31. The summed E-state index contributed by atoms with van der Waals surface area (Å²) in [6, 6.07) is 14.2. The number of aliphatic imine (C=N–C) groups is 1. The van der Waals surface area contributed by atoms with E-state index in [-0.39, 0.29) is 57.6 Å². The van der Waals surface area contributed by atoms with Crippen LogP contribution < -0.4 is 60.2 Å². The Morgan fingerprint density at radius 2 is 1.04 bits per heavy atom. The molecule has 0 aliphatic heterocycles. The molecule has 0 aliphatic rings. The first kappa shape index (κ1) is 59.5. The largest absolute Gasteiger partial charge is 0.480 e. The smallest absolute Gasteiger partial charge is 0.322 e. The molecule has 0 radical (unpaired) electrons. The van der Waals surface area contributed by atoms with Gasteiger partial charge in [0, 0.05) is 60.0 Å². The van der Waals surface area contributed by atoms with Crippen molar-refractivity contribution in [3.63, 3.8) is 0 Å². The highest BCUT2D eigenvalue weighted by atomic mass is 16.4. The predicted molar refractivity (Wildman–Crippen MR) is 289 cm³/mol. The van der Waals surface area contributed by atoms with Gasteiger partial charge in [-0.25, -0.2) is 0 Å². The fourth-order valence-electron chi connectivity index (χ4n) is 8.57. The highest BCUT2D eigenvalue weighted by Gasteiger charge is 2.35. The topological polar surface area (TPSA) is 409 Å². The Balaban J connectivity index is 1.41. The number of carboxylic acid groups (broad SMARTS) is 1. The molecule has 2 heterocycles. The van der Waals surface area contributed by atoms with Gasteiger partial charge in [0.2, 0.25) is 41.4 Å². The van der Waals surface area contributed by atoms with Crippen molar-refractivity contribution < 1.29 is 48.6 Å². The van der Waals surface area contributed by atoms with Crippen LogP contribution in [0.2, 0.25) is 0 Å². The molecule has 19 N–H and O–H groups in total. The lowest BCUT2D eigenvalue weighted by Crippen LogP contribution is -2.61. The number of aliphatic hydroxyl groups excluding tert-OH is 1. The second-order valence-electron chi connectivity index (χ2n) is 19.0. The molecule has 7 atom stereocenters. The lowest BCUT2D eigenvalue weighted by Gasteiger charge is -2.29. The second kappa shape index (κ2) is 29.7. The first-order valence-corrected chi connectivity index (χ1v) is 25.5. The van der Waals surface area contributed by atoms with Crippen molar-refractivity contribution in [2.45, 2.75) is 108 Å². The predicted octanol–water partition coefficient (Wildman–Crippen LogP) is -1.06. The van der Waals surface area contributed by atoms with E-state index in [1.807, 2.05) is 48.5 Å². The number of aliphatic carboxylic acids is 1. The number of carbonyl (C=O) groups is 8. The van der Waals surface area contributed by atoms with Crippen molar-refractivity contribution in [2.24, 2.45) is 33.8 Å². The Bertz CT molecular complexity index is 2830. The highest BCUT2D eigenvalue weighted by molar-refractivity contribution is 5.98. The van der Waals surface area contributed by atoms with E-state index < -0.39 is 109 Å². The minimum atomic E-state index is -1.36. The van der Waals surface area contributed by atoms with E-state index in [4.69, 9.17) is 22.9 Å². The molecule has 0 saturated carbocycles. The molecule has 77 heavy (non-hydrogen) atoms. The average molecular weight is 1070 g/mol. The van der Waals surface area contributed by atoms with E-state index in [0.717, 1.165) is 21.8 Å². The molecule has 0 bridgehead atoms. The monoisotopic (exact) mass is 1060 g/mol. The summed E-state index contributed by atoms with van der Waals surface area (Å²) in [5.41, 5.74) is 26.0. The molecule has 7 amide bonds. The fourth-order valence-corrected chi connectivity index (χ4v) is 8.57. The number of nitrogens with zero attached hydrogens (tertiary/aromatic N) is 1. The molecule has 3 aromatic carbocycles. The van der Waals surface area contributed by atoms with E-state index in [2.05, 4.69) is 52.2 Å². The first-order valence-electron chi connectivity index (χ1n) is 25.5. The Labute approximate surface area is 445 Å². The number of rotatable bonds is 31. The van der Waals surface area contributed by atoms with Gasteiger partial charge in [0.1, 0.15) is 48.8 Å². The Kier molecular flexibility index (Phi) is 22.9. The molecule has 24 heteroatoms. The van der Waals surface area contributed by atoms with Crippen LogP contribution in [0.15, 0.2) is 96.2 Å². The van der Waals surface area contributed by atoms with Crippen LogP contribution in [-0.4, -0.2) is 142 Å². The third kappa shape index (κ3) is 18.2. The minimum Gasteiger partial charge on any atom is -0.480 e. The van der Waals surface area contributed by atoms with Gasteiger partial charge in [0.05, 0.1) is 6.61 Å². The van der Waals surface area contributed by atoms with Crippen molar-refractivity contribution >= 4 is 75.1 Å². The van der Waals surface area contributed by atoms with E-state index >= 15 is 0 Å². The number of benzene rings is 3. The number of para-hydroxylation sites is 2. The van der Waals surface area contributed by atoms with Gasteiger partial charge in [-0.05, 0) is 73.4 Å². The molecule has 5 rings (SSSR count). The van der Waals surface area contributed by atoms with E-state index in [1.54, 1.807) is 56.6 Å². The first-order chi connectivity index (χ1) is 36.9. The van der Waals surface area contributed by atoms with Gasteiger partial charge in [-0.1, -0.05) is 80.6 Å². The van der Waals surface area contributed by atoms with Crippen molar-refractivity contribution in [3.05, 3.63) is 108 Å². The standard InChI is InChI=1S/C53H72N14O10/c1-30(2)45(52(77)66-43(25-33-27-60-38-18-9-7-16-35(33)38)51(76)65-42(47(72)61-28-44(69)70)24-32-26-59-37-17-8-6-15-34(32)37)67-49(74)39(19-10-11-21-54)63-50(75)41(23-31-13-4-3-5-14-31)64-48(73)40(20-12-22-58-53(56)57)62-46(71)36(55)29-68/h3-9,13-18,26-27,30,36,39-43,45,59-60,68H,10-12,19-25,28-29,54-55H2,1-2H3,(H,61,72)(H,62,71)(H,63,75)(H,64,73)(H,65,76)(H,66,77)(H,67,74)(H,69,70)(H4,56,57,58)/t36-,39-,40-,41-,42-,43-,45-/m0/s1. The molecule has 5 aromatic rings. The lowest BCUT2D eigenvalue weighted by atomic mass is 9.99. The molecule has 0 saturated heterocycles. The number of hydrogen-bond acceptors (Lipinski definition) is 12. The number of carboxylic acids is 1. The SMILES string of the molecule is CC(C)[C@H](NC(=O)[C@H](CCCCN)NC(=O)[C@H](Cc1ccccc1)NC(=O)[C@H](CCCN=C(N)N)NC(=O)[C@@H](N)CO)C(=O)N[C@@H](Cc1c[nH]c2ccccc12)C(=O)N[C@@H](Cc1c[nH]c2ccccc12)C(=O)NCC(=O)O. The summed E-state index contributed by atoms with van der Waals surface area (Å²) in [6.07, 6.45) is 4.32. The Hall–Kier alpha value is -8.35.